The Balaban J connectivity index is 3.68. The third-order valence-corrected chi connectivity index (χ3v) is 3.39. The Labute approximate surface area is 107 Å². The zero-order chi connectivity index (χ0) is 12.0. The smallest absolute Gasteiger partial charge is 0.205 e. The van der Waals surface area contributed by atoms with E-state index in [4.69, 9.17) is 0 Å². The first-order valence-electron chi connectivity index (χ1n) is 3.26. The van der Waals surface area contributed by atoms with Gasteiger partial charge < -0.3 is 0 Å². The maximum absolute atomic E-state index is 13.0. The van der Waals surface area contributed by atoms with Crippen molar-refractivity contribution in [3.63, 3.8) is 0 Å². The Kier molecular flexibility index (Phi) is 3.78. The predicted octanol–water partition coefficient (Wildman–Crippen LogP) is 4.33. The Hall–Kier alpha value is 0.260. The van der Waals surface area contributed by atoms with Crippen molar-refractivity contribution in [2.24, 2.45) is 0 Å². The van der Waals surface area contributed by atoms with E-state index in [1.54, 1.807) is 0 Å². The van der Waals surface area contributed by atoms with Gasteiger partial charge in [0.15, 0.2) is 17.5 Å². The summed E-state index contributed by atoms with van der Waals surface area (Å²) >= 11 is 2.11. The second-order valence-corrected chi connectivity index (χ2v) is 4.60. The molecule has 0 bridgehead atoms. The first-order valence-corrected chi connectivity index (χ1v) is 5.42. The van der Waals surface area contributed by atoms with Gasteiger partial charge in [0.05, 0.1) is 7.14 Å². The Morgan fingerprint density at radius 1 is 0.733 bits per heavy atom. The van der Waals surface area contributed by atoms with Gasteiger partial charge in [-0.05, 0) is 45.2 Å². The number of alkyl halides is 3. The molecule has 1 aromatic carbocycles. The number of hydrogen-bond acceptors (Lipinski definition) is 0. The molecule has 0 heterocycles. The van der Waals surface area contributed by atoms with Crippen LogP contribution < -0.4 is 0 Å². The Morgan fingerprint density at radius 3 is 1.33 bits per heavy atom. The molecule has 0 aliphatic heterocycles. The summed E-state index contributed by atoms with van der Waals surface area (Å²) in [6.45, 7) is 0. The molecule has 0 atom stereocenters. The molecule has 0 aliphatic rings. The maximum atomic E-state index is 13.0. The second-order valence-electron chi connectivity index (χ2n) is 2.44. The average Bonchev–Trinajstić information content (AvgIpc) is 2.09. The van der Waals surface area contributed by atoms with E-state index in [0.717, 1.165) is 45.2 Å². The van der Waals surface area contributed by atoms with Crippen LogP contribution in [0.2, 0.25) is 0 Å². The molecule has 0 saturated carbocycles. The van der Waals surface area contributed by atoms with Crippen LogP contribution in [0.1, 0.15) is 5.56 Å². The summed E-state index contributed by atoms with van der Waals surface area (Å²) in [4.78, 5) is 0. The molecule has 0 saturated heterocycles. The van der Waals surface area contributed by atoms with Crippen molar-refractivity contribution in [2.45, 2.75) is 6.18 Å². The minimum Gasteiger partial charge on any atom is -0.205 e. The van der Waals surface area contributed by atoms with E-state index < -0.39 is 36.3 Å². The highest BCUT2D eigenvalue weighted by molar-refractivity contribution is 14.1. The van der Waals surface area contributed by atoms with E-state index >= 15 is 0 Å². The quantitative estimate of drug-likeness (QED) is 0.238. The van der Waals surface area contributed by atoms with E-state index in [-0.39, 0.29) is 0 Å². The first kappa shape index (κ1) is 13.3. The van der Waals surface area contributed by atoms with Gasteiger partial charge >= 0.3 is 6.18 Å². The van der Waals surface area contributed by atoms with Crippen LogP contribution in [0.25, 0.3) is 0 Å². The minimum atomic E-state index is -5.18. The molecular formula is C7F6I2. The zero-order valence-electron chi connectivity index (χ0n) is 6.52. The lowest BCUT2D eigenvalue weighted by Gasteiger charge is -2.12. The molecule has 1 rings (SSSR count). The maximum Gasteiger partial charge on any atom is 0.422 e. The van der Waals surface area contributed by atoms with Crippen LogP contribution in [0, 0.1) is 24.6 Å². The molecule has 84 valence electrons. The van der Waals surface area contributed by atoms with Gasteiger partial charge in [0.2, 0.25) is 0 Å². The molecule has 0 radical (unpaired) electrons. The SMILES string of the molecule is Fc1c(I)c(F)c(C(F)(F)F)c(F)c1I. The molecule has 0 unspecified atom stereocenters. The van der Waals surface area contributed by atoms with Gasteiger partial charge in [0.1, 0.15) is 5.56 Å². The van der Waals surface area contributed by atoms with Crippen LogP contribution in [0.4, 0.5) is 26.3 Å². The molecule has 8 heteroatoms. The van der Waals surface area contributed by atoms with E-state index in [1.807, 2.05) is 0 Å². The van der Waals surface area contributed by atoms with Crippen molar-refractivity contribution < 1.29 is 26.3 Å². The van der Waals surface area contributed by atoms with Gasteiger partial charge in [0.25, 0.3) is 0 Å². The molecule has 0 aromatic heterocycles. The van der Waals surface area contributed by atoms with Crippen LogP contribution >= 0.6 is 45.2 Å². The van der Waals surface area contributed by atoms with Crippen LogP contribution in [0.5, 0.6) is 0 Å². The van der Waals surface area contributed by atoms with Gasteiger partial charge in [0, 0.05) is 0 Å². The van der Waals surface area contributed by atoms with E-state index in [2.05, 4.69) is 0 Å². The molecule has 0 spiro atoms. The normalized spacial score (nSPS) is 12.0. The van der Waals surface area contributed by atoms with Gasteiger partial charge in [-0.3, -0.25) is 0 Å². The van der Waals surface area contributed by atoms with Crippen molar-refractivity contribution >= 4 is 45.2 Å². The standard InChI is InChI=1S/C7F6I2/c8-2-1(7(11,12)13)3(9)6(15)4(10)5(2)14. The van der Waals surface area contributed by atoms with Gasteiger partial charge in [-0.25, -0.2) is 13.2 Å². The molecule has 0 N–H and O–H groups in total. The largest absolute Gasteiger partial charge is 0.422 e. The number of rotatable bonds is 0. The highest BCUT2D eigenvalue weighted by atomic mass is 127. The molecule has 15 heavy (non-hydrogen) atoms. The fraction of sp³-hybridized carbons (Fsp3) is 0.143. The lowest BCUT2D eigenvalue weighted by Crippen LogP contribution is -2.15. The molecule has 0 nitrogen and oxygen atoms in total. The number of halogens is 8. The van der Waals surface area contributed by atoms with Gasteiger partial charge in [-0.15, -0.1) is 0 Å². The summed E-state index contributed by atoms with van der Waals surface area (Å²) in [7, 11) is 0. The summed E-state index contributed by atoms with van der Waals surface area (Å²) in [6, 6.07) is 0. The van der Waals surface area contributed by atoms with E-state index in [1.165, 1.54) is 0 Å². The minimum absolute atomic E-state index is 0.870. The third-order valence-electron chi connectivity index (χ3n) is 1.49. The highest BCUT2D eigenvalue weighted by Gasteiger charge is 2.41. The van der Waals surface area contributed by atoms with Crippen molar-refractivity contribution in [3.05, 3.63) is 30.2 Å². The van der Waals surface area contributed by atoms with Crippen LogP contribution in [-0.4, -0.2) is 0 Å². The lowest BCUT2D eigenvalue weighted by atomic mass is 10.2. The number of hydrogen-bond donors (Lipinski definition) is 0. The van der Waals surface area contributed by atoms with E-state index in [9.17, 15) is 26.3 Å². The Bertz CT molecular complexity index is 382. The van der Waals surface area contributed by atoms with E-state index in [0.29, 0.717) is 0 Å². The van der Waals surface area contributed by atoms with Crippen LogP contribution in [0.3, 0.4) is 0 Å². The fourth-order valence-electron chi connectivity index (χ4n) is 0.854. The fourth-order valence-corrected chi connectivity index (χ4v) is 2.45. The molecular weight excluding hydrogens is 452 g/mol. The molecule has 0 amide bonds. The monoisotopic (exact) mass is 452 g/mol. The topological polar surface area (TPSA) is 0 Å². The van der Waals surface area contributed by atoms with Gasteiger partial charge in [-0.2, -0.15) is 13.2 Å². The van der Waals surface area contributed by atoms with Crippen molar-refractivity contribution in [1.29, 1.82) is 0 Å². The predicted molar refractivity (Wildman–Crippen MR) is 56.8 cm³/mol. The zero-order valence-corrected chi connectivity index (χ0v) is 10.8. The summed E-state index contributed by atoms with van der Waals surface area (Å²) in [5.41, 5.74) is -2.06. The van der Waals surface area contributed by atoms with Crippen LogP contribution in [0.15, 0.2) is 0 Å². The summed E-state index contributed by atoms with van der Waals surface area (Å²) < 4.78 is 73.8. The Morgan fingerprint density at radius 2 is 1.07 bits per heavy atom. The van der Waals surface area contributed by atoms with Gasteiger partial charge in [-0.1, -0.05) is 0 Å². The lowest BCUT2D eigenvalue weighted by molar-refractivity contribution is -0.142. The summed E-state index contributed by atoms with van der Waals surface area (Å²) in [5.74, 6) is -5.16. The summed E-state index contributed by atoms with van der Waals surface area (Å²) in [5, 5.41) is 0. The van der Waals surface area contributed by atoms with Crippen LogP contribution in [-0.2, 0) is 6.18 Å². The highest BCUT2D eigenvalue weighted by Crippen LogP contribution is 2.38. The molecule has 0 aliphatic carbocycles. The second kappa shape index (κ2) is 4.26. The first-order chi connectivity index (χ1) is 6.68. The summed E-state index contributed by atoms with van der Waals surface area (Å²) in [6.07, 6.45) is -5.18. The molecule has 1 aromatic rings. The van der Waals surface area contributed by atoms with Crippen molar-refractivity contribution in [2.75, 3.05) is 0 Å². The van der Waals surface area contributed by atoms with Crippen molar-refractivity contribution in [3.8, 4) is 0 Å². The average molecular weight is 452 g/mol. The van der Waals surface area contributed by atoms with Crippen molar-refractivity contribution in [1.82, 2.24) is 0 Å². The molecule has 0 fully saturated rings. The third kappa shape index (κ3) is 2.34. The number of benzene rings is 1.